The van der Waals surface area contributed by atoms with Gasteiger partial charge in [-0.1, -0.05) is 32.9 Å². The fourth-order valence-electron chi connectivity index (χ4n) is 4.29. The Morgan fingerprint density at radius 2 is 2.10 bits per heavy atom. The second kappa shape index (κ2) is 4.84. The summed E-state index contributed by atoms with van der Waals surface area (Å²) in [5, 5.41) is 0. The second-order valence-electron chi connectivity index (χ2n) is 7.63. The Bertz CT molecular complexity index is 496. The average Bonchev–Trinajstić information content (AvgIpc) is 2.54. The molecule has 1 saturated carbocycles. The average molecular weight is 275 g/mol. The molecular weight excluding hydrogens is 249 g/mol. The Balaban J connectivity index is 1.64. The van der Waals surface area contributed by atoms with Crippen molar-refractivity contribution in [3.63, 3.8) is 0 Å². The van der Waals surface area contributed by atoms with Gasteiger partial charge in [0.05, 0.1) is 0 Å². The first-order valence-corrected chi connectivity index (χ1v) is 7.87. The van der Waals surface area contributed by atoms with Crippen LogP contribution < -0.4 is 0 Å². The topological polar surface area (TPSA) is 3.24 Å². The summed E-state index contributed by atoms with van der Waals surface area (Å²) >= 11 is 0. The molecule has 1 aromatic carbocycles. The molecule has 0 amide bonds. The zero-order valence-electron chi connectivity index (χ0n) is 13.0. The van der Waals surface area contributed by atoms with Gasteiger partial charge in [0, 0.05) is 19.6 Å². The van der Waals surface area contributed by atoms with Crippen LogP contribution in [0.1, 0.15) is 39.2 Å². The van der Waals surface area contributed by atoms with Crippen molar-refractivity contribution < 1.29 is 4.39 Å². The molecule has 3 rings (SSSR count). The summed E-state index contributed by atoms with van der Waals surface area (Å²) in [5.74, 6) is 0.711. The van der Waals surface area contributed by atoms with E-state index in [1.807, 2.05) is 12.1 Å². The summed E-state index contributed by atoms with van der Waals surface area (Å²) in [6, 6.07) is 7.04. The van der Waals surface area contributed by atoms with Gasteiger partial charge in [-0.2, -0.15) is 0 Å². The van der Waals surface area contributed by atoms with E-state index in [0.717, 1.165) is 24.4 Å². The summed E-state index contributed by atoms with van der Waals surface area (Å²) in [4.78, 5) is 2.60. The molecule has 2 atom stereocenters. The van der Waals surface area contributed by atoms with Gasteiger partial charge < -0.3 is 4.90 Å². The molecule has 2 aliphatic rings. The lowest BCUT2D eigenvalue weighted by Crippen LogP contribution is -2.52. The van der Waals surface area contributed by atoms with Crippen LogP contribution in [0.4, 0.5) is 4.39 Å². The summed E-state index contributed by atoms with van der Waals surface area (Å²) in [5.41, 5.74) is 2.05. The molecular formula is C18H26FN. The monoisotopic (exact) mass is 275 g/mol. The smallest absolute Gasteiger partial charge is 0.123 e. The molecule has 110 valence electrons. The van der Waals surface area contributed by atoms with Crippen LogP contribution in [0, 0.1) is 22.6 Å². The summed E-state index contributed by atoms with van der Waals surface area (Å²) in [6.45, 7) is 10.8. The lowest BCUT2D eigenvalue weighted by atomic mass is 9.63. The molecule has 1 aromatic rings. The van der Waals surface area contributed by atoms with Crippen molar-refractivity contribution in [2.75, 3.05) is 19.6 Å². The van der Waals surface area contributed by atoms with E-state index in [-0.39, 0.29) is 5.82 Å². The Hall–Kier alpha value is -0.890. The quantitative estimate of drug-likeness (QED) is 0.802. The zero-order chi connectivity index (χ0) is 14.4. The molecule has 20 heavy (non-hydrogen) atoms. The summed E-state index contributed by atoms with van der Waals surface area (Å²) in [7, 11) is 0. The van der Waals surface area contributed by atoms with E-state index in [9.17, 15) is 4.39 Å². The van der Waals surface area contributed by atoms with E-state index < -0.39 is 0 Å². The highest BCUT2D eigenvalue weighted by molar-refractivity contribution is 5.17. The Morgan fingerprint density at radius 1 is 1.30 bits per heavy atom. The number of nitrogens with zero attached hydrogens (tertiary/aromatic N) is 1. The van der Waals surface area contributed by atoms with Crippen LogP contribution in [0.5, 0.6) is 0 Å². The number of piperidine rings is 1. The standard InChI is InChI=1S/C18H26FN/c1-17(2)15-7-9-18(17,3)13-20(12-15)10-8-14-5-4-6-16(19)11-14/h4-6,11,15H,7-10,12-13H2,1-3H3/t15?,18-/m0/s1. The summed E-state index contributed by atoms with van der Waals surface area (Å²) < 4.78 is 13.2. The van der Waals surface area contributed by atoms with Crippen molar-refractivity contribution in [2.24, 2.45) is 16.7 Å². The van der Waals surface area contributed by atoms with Crippen LogP contribution >= 0.6 is 0 Å². The molecule has 1 heterocycles. The van der Waals surface area contributed by atoms with Gasteiger partial charge in [-0.15, -0.1) is 0 Å². The lowest BCUT2D eigenvalue weighted by molar-refractivity contribution is -0.0169. The SMILES string of the molecule is CC1(C)C2CC[C@@]1(C)CN(CCc1cccc(F)c1)C2. The highest BCUT2D eigenvalue weighted by Crippen LogP contribution is 2.58. The molecule has 0 spiro atoms. The van der Waals surface area contributed by atoms with Crippen LogP contribution in [0.2, 0.25) is 0 Å². The molecule has 2 bridgehead atoms. The van der Waals surface area contributed by atoms with Crippen molar-refractivity contribution >= 4 is 0 Å². The van der Waals surface area contributed by atoms with Crippen LogP contribution in [0.3, 0.4) is 0 Å². The van der Waals surface area contributed by atoms with E-state index in [2.05, 4.69) is 25.7 Å². The highest BCUT2D eigenvalue weighted by Gasteiger charge is 2.55. The fourth-order valence-corrected chi connectivity index (χ4v) is 4.29. The Labute approximate surface area is 122 Å². The fraction of sp³-hybridized carbons (Fsp3) is 0.667. The summed E-state index contributed by atoms with van der Waals surface area (Å²) in [6.07, 6.45) is 3.70. The number of fused-ring (bicyclic) bond motifs is 2. The van der Waals surface area contributed by atoms with Crippen molar-refractivity contribution in [2.45, 2.75) is 40.0 Å². The minimum atomic E-state index is -0.116. The maximum absolute atomic E-state index is 13.2. The van der Waals surface area contributed by atoms with Gasteiger partial charge in [0.15, 0.2) is 0 Å². The van der Waals surface area contributed by atoms with E-state index in [1.165, 1.54) is 32.0 Å². The zero-order valence-corrected chi connectivity index (χ0v) is 13.0. The first-order chi connectivity index (χ1) is 9.41. The van der Waals surface area contributed by atoms with E-state index in [1.54, 1.807) is 6.07 Å². The van der Waals surface area contributed by atoms with Gasteiger partial charge in [0.25, 0.3) is 0 Å². The molecule has 1 aliphatic carbocycles. The third-order valence-corrected chi connectivity index (χ3v) is 6.28. The van der Waals surface area contributed by atoms with Gasteiger partial charge in [-0.3, -0.25) is 0 Å². The minimum absolute atomic E-state index is 0.116. The van der Waals surface area contributed by atoms with E-state index in [0.29, 0.717) is 10.8 Å². The van der Waals surface area contributed by atoms with Crippen molar-refractivity contribution in [3.05, 3.63) is 35.6 Å². The van der Waals surface area contributed by atoms with Crippen LogP contribution in [0.15, 0.2) is 24.3 Å². The maximum Gasteiger partial charge on any atom is 0.123 e. The van der Waals surface area contributed by atoms with E-state index >= 15 is 0 Å². The number of hydrogen-bond donors (Lipinski definition) is 0. The number of halogens is 1. The van der Waals surface area contributed by atoms with Crippen molar-refractivity contribution in [3.8, 4) is 0 Å². The predicted octanol–water partition coefficient (Wildman–Crippen LogP) is 4.13. The van der Waals surface area contributed by atoms with Crippen molar-refractivity contribution in [1.29, 1.82) is 0 Å². The number of likely N-dealkylation sites (tertiary alicyclic amines) is 1. The van der Waals surface area contributed by atoms with Gasteiger partial charge in [-0.05, 0) is 53.7 Å². The molecule has 2 fully saturated rings. The molecule has 0 radical (unpaired) electrons. The minimum Gasteiger partial charge on any atom is -0.302 e. The first kappa shape index (κ1) is 14.1. The maximum atomic E-state index is 13.2. The molecule has 1 saturated heterocycles. The van der Waals surface area contributed by atoms with Crippen LogP contribution in [-0.2, 0) is 6.42 Å². The van der Waals surface area contributed by atoms with Gasteiger partial charge in [-0.25, -0.2) is 4.39 Å². The van der Waals surface area contributed by atoms with Crippen LogP contribution in [0.25, 0.3) is 0 Å². The van der Waals surface area contributed by atoms with Crippen molar-refractivity contribution in [1.82, 2.24) is 4.90 Å². The third-order valence-electron chi connectivity index (χ3n) is 6.28. The predicted molar refractivity (Wildman–Crippen MR) is 81.2 cm³/mol. The van der Waals surface area contributed by atoms with E-state index in [4.69, 9.17) is 0 Å². The molecule has 2 heteroatoms. The second-order valence-corrected chi connectivity index (χ2v) is 7.63. The van der Waals surface area contributed by atoms with Gasteiger partial charge >= 0.3 is 0 Å². The van der Waals surface area contributed by atoms with Gasteiger partial charge in [0.2, 0.25) is 0 Å². The molecule has 0 N–H and O–H groups in total. The largest absolute Gasteiger partial charge is 0.302 e. The molecule has 1 unspecified atom stereocenters. The molecule has 1 aliphatic heterocycles. The lowest BCUT2D eigenvalue weighted by Gasteiger charge is -2.50. The van der Waals surface area contributed by atoms with Crippen LogP contribution in [-0.4, -0.2) is 24.5 Å². The first-order valence-electron chi connectivity index (χ1n) is 7.87. The van der Waals surface area contributed by atoms with Gasteiger partial charge in [0.1, 0.15) is 5.82 Å². The molecule has 1 nitrogen and oxygen atoms in total. The third kappa shape index (κ3) is 2.28. The number of benzene rings is 1. The Morgan fingerprint density at radius 3 is 2.80 bits per heavy atom. The number of hydrogen-bond acceptors (Lipinski definition) is 1. The highest BCUT2D eigenvalue weighted by atomic mass is 19.1. The normalized spacial score (nSPS) is 32.5. The Kier molecular flexibility index (Phi) is 3.40. The molecule has 0 aromatic heterocycles. The number of rotatable bonds is 3.